The topological polar surface area (TPSA) is 57.3 Å². The van der Waals surface area contributed by atoms with E-state index in [0.717, 1.165) is 36.1 Å². The molecule has 2 heterocycles. The SMILES string of the molecule is CNc1snc(C)c1C(=O)NCCCN1CCCC(C)C1. The molecule has 1 fully saturated rings. The fourth-order valence-corrected chi connectivity index (χ4v) is 3.63. The van der Waals surface area contributed by atoms with Crippen molar-refractivity contribution in [3.63, 3.8) is 0 Å². The van der Waals surface area contributed by atoms with Gasteiger partial charge in [0.1, 0.15) is 5.00 Å². The highest BCUT2D eigenvalue weighted by Gasteiger charge is 2.18. The first-order chi connectivity index (χ1) is 10.1. The van der Waals surface area contributed by atoms with E-state index >= 15 is 0 Å². The maximum Gasteiger partial charge on any atom is 0.256 e. The Morgan fingerprint density at radius 1 is 1.52 bits per heavy atom. The lowest BCUT2D eigenvalue weighted by Crippen LogP contribution is -2.36. The molecule has 1 atom stereocenters. The lowest BCUT2D eigenvalue weighted by Gasteiger charge is -2.30. The van der Waals surface area contributed by atoms with E-state index in [1.54, 1.807) is 0 Å². The number of aromatic nitrogens is 1. The van der Waals surface area contributed by atoms with E-state index in [9.17, 15) is 4.79 Å². The number of carbonyl (C=O) groups excluding carboxylic acids is 1. The van der Waals surface area contributed by atoms with Gasteiger partial charge in [0.2, 0.25) is 0 Å². The van der Waals surface area contributed by atoms with Crippen LogP contribution in [0, 0.1) is 12.8 Å². The summed E-state index contributed by atoms with van der Waals surface area (Å²) < 4.78 is 4.23. The summed E-state index contributed by atoms with van der Waals surface area (Å²) in [6, 6.07) is 0. The van der Waals surface area contributed by atoms with Crippen molar-refractivity contribution in [3.8, 4) is 0 Å². The second kappa shape index (κ2) is 7.75. The monoisotopic (exact) mass is 310 g/mol. The van der Waals surface area contributed by atoms with Crippen LogP contribution in [-0.2, 0) is 0 Å². The molecule has 118 valence electrons. The van der Waals surface area contributed by atoms with Crippen molar-refractivity contribution in [3.05, 3.63) is 11.3 Å². The highest BCUT2D eigenvalue weighted by atomic mass is 32.1. The van der Waals surface area contributed by atoms with Gasteiger partial charge in [-0.15, -0.1) is 0 Å². The van der Waals surface area contributed by atoms with Crippen molar-refractivity contribution in [2.24, 2.45) is 5.92 Å². The van der Waals surface area contributed by atoms with E-state index in [2.05, 4.69) is 26.8 Å². The number of hydrogen-bond acceptors (Lipinski definition) is 5. The van der Waals surface area contributed by atoms with Gasteiger partial charge >= 0.3 is 0 Å². The number of anilines is 1. The summed E-state index contributed by atoms with van der Waals surface area (Å²) in [5.41, 5.74) is 1.49. The number of nitrogens with one attached hydrogen (secondary N) is 2. The molecule has 0 aromatic carbocycles. The predicted molar refractivity (Wildman–Crippen MR) is 88.2 cm³/mol. The van der Waals surface area contributed by atoms with E-state index in [1.807, 2.05) is 14.0 Å². The third kappa shape index (κ3) is 4.41. The molecule has 1 unspecified atom stereocenters. The van der Waals surface area contributed by atoms with E-state index < -0.39 is 0 Å². The average molecular weight is 310 g/mol. The molecule has 1 amide bonds. The van der Waals surface area contributed by atoms with Gasteiger partial charge in [-0.25, -0.2) is 0 Å². The van der Waals surface area contributed by atoms with Crippen LogP contribution in [0.3, 0.4) is 0 Å². The summed E-state index contributed by atoms with van der Waals surface area (Å²) in [5, 5.41) is 6.89. The number of likely N-dealkylation sites (tertiary alicyclic amines) is 1. The Kier molecular flexibility index (Phi) is 5.99. The Hall–Kier alpha value is -1.14. The number of nitrogens with zero attached hydrogens (tertiary/aromatic N) is 2. The Bertz CT molecular complexity index is 474. The standard InChI is InChI=1S/C15H26N4OS/c1-11-6-4-8-19(10-11)9-5-7-17-14(20)13-12(2)18-21-15(13)16-3/h11,16H,4-10H2,1-3H3,(H,17,20). The van der Waals surface area contributed by atoms with Crippen molar-refractivity contribution in [1.82, 2.24) is 14.6 Å². The van der Waals surface area contributed by atoms with Gasteiger partial charge in [-0.2, -0.15) is 4.37 Å². The number of amides is 1. The molecule has 5 nitrogen and oxygen atoms in total. The summed E-state index contributed by atoms with van der Waals surface area (Å²) in [6.07, 6.45) is 3.66. The molecule has 21 heavy (non-hydrogen) atoms. The summed E-state index contributed by atoms with van der Waals surface area (Å²) in [6.45, 7) is 8.40. The van der Waals surface area contributed by atoms with Crippen molar-refractivity contribution >= 4 is 22.4 Å². The number of aryl methyl sites for hydroxylation is 1. The van der Waals surface area contributed by atoms with Crippen LogP contribution in [0.25, 0.3) is 0 Å². The molecule has 1 aromatic rings. The van der Waals surface area contributed by atoms with E-state index in [1.165, 1.54) is 37.5 Å². The van der Waals surface area contributed by atoms with Gasteiger partial charge in [-0.1, -0.05) is 6.92 Å². The van der Waals surface area contributed by atoms with Gasteiger partial charge in [0, 0.05) is 20.1 Å². The van der Waals surface area contributed by atoms with Crippen LogP contribution < -0.4 is 10.6 Å². The molecule has 0 aliphatic carbocycles. The summed E-state index contributed by atoms with van der Waals surface area (Å²) in [4.78, 5) is 14.7. The van der Waals surface area contributed by atoms with Crippen LogP contribution in [0.4, 0.5) is 5.00 Å². The van der Waals surface area contributed by atoms with Gasteiger partial charge in [0.15, 0.2) is 0 Å². The Labute approximate surface area is 131 Å². The summed E-state index contributed by atoms with van der Waals surface area (Å²) in [7, 11) is 1.82. The Balaban J connectivity index is 1.73. The van der Waals surface area contributed by atoms with Crippen LogP contribution in [0.2, 0.25) is 0 Å². The number of carbonyl (C=O) groups is 1. The van der Waals surface area contributed by atoms with E-state index in [-0.39, 0.29) is 5.91 Å². The van der Waals surface area contributed by atoms with E-state index in [4.69, 9.17) is 0 Å². The van der Waals surface area contributed by atoms with Gasteiger partial charge in [0.05, 0.1) is 11.3 Å². The van der Waals surface area contributed by atoms with Crippen LogP contribution >= 0.6 is 11.5 Å². The highest BCUT2D eigenvalue weighted by molar-refractivity contribution is 7.10. The lowest BCUT2D eigenvalue weighted by molar-refractivity contribution is 0.0950. The largest absolute Gasteiger partial charge is 0.378 e. The molecule has 2 N–H and O–H groups in total. The molecule has 1 aliphatic heterocycles. The van der Waals surface area contributed by atoms with Crippen LogP contribution in [-0.4, -0.2) is 48.4 Å². The van der Waals surface area contributed by atoms with Crippen molar-refractivity contribution in [2.75, 3.05) is 38.5 Å². The van der Waals surface area contributed by atoms with Crippen molar-refractivity contribution in [1.29, 1.82) is 0 Å². The first-order valence-electron chi connectivity index (χ1n) is 7.76. The minimum atomic E-state index is -0.0161. The van der Waals surface area contributed by atoms with Crippen molar-refractivity contribution < 1.29 is 4.79 Å². The van der Waals surface area contributed by atoms with Gasteiger partial charge in [-0.05, 0) is 56.7 Å². The molecule has 2 rings (SSSR count). The van der Waals surface area contributed by atoms with E-state index in [0.29, 0.717) is 5.56 Å². The minimum Gasteiger partial charge on any atom is -0.378 e. The number of rotatable bonds is 6. The molecule has 1 aliphatic rings. The molecular formula is C15H26N4OS. The molecule has 6 heteroatoms. The molecule has 0 saturated carbocycles. The van der Waals surface area contributed by atoms with Crippen LogP contribution in [0.1, 0.15) is 42.2 Å². The van der Waals surface area contributed by atoms with Gasteiger partial charge in [-0.3, -0.25) is 4.79 Å². The van der Waals surface area contributed by atoms with Crippen LogP contribution in [0.15, 0.2) is 0 Å². The first kappa shape index (κ1) is 16.2. The quantitative estimate of drug-likeness (QED) is 0.792. The lowest BCUT2D eigenvalue weighted by atomic mass is 10.0. The molecular weight excluding hydrogens is 284 g/mol. The Morgan fingerprint density at radius 3 is 3.05 bits per heavy atom. The smallest absolute Gasteiger partial charge is 0.256 e. The number of piperidine rings is 1. The molecule has 0 radical (unpaired) electrons. The number of hydrogen-bond donors (Lipinski definition) is 2. The summed E-state index contributed by atoms with van der Waals surface area (Å²) >= 11 is 1.34. The predicted octanol–water partition coefficient (Wildman–Crippen LogP) is 2.35. The zero-order chi connectivity index (χ0) is 15.2. The summed E-state index contributed by atoms with van der Waals surface area (Å²) in [5.74, 6) is 0.795. The molecule has 0 bridgehead atoms. The average Bonchev–Trinajstić information content (AvgIpc) is 2.84. The molecule has 1 aromatic heterocycles. The third-order valence-corrected chi connectivity index (χ3v) is 4.95. The Morgan fingerprint density at radius 2 is 2.33 bits per heavy atom. The maximum atomic E-state index is 12.2. The minimum absolute atomic E-state index is 0.0161. The van der Waals surface area contributed by atoms with Gasteiger partial charge in [0.25, 0.3) is 5.91 Å². The zero-order valence-electron chi connectivity index (χ0n) is 13.2. The molecule has 1 saturated heterocycles. The normalized spacial score (nSPS) is 19.5. The first-order valence-corrected chi connectivity index (χ1v) is 8.53. The van der Waals surface area contributed by atoms with Crippen LogP contribution in [0.5, 0.6) is 0 Å². The fraction of sp³-hybridized carbons (Fsp3) is 0.733. The zero-order valence-corrected chi connectivity index (χ0v) is 14.1. The second-order valence-electron chi connectivity index (χ2n) is 5.88. The maximum absolute atomic E-state index is 12.2. The van der Waals surface area contributed by atoms with Crippen molar-refractivity contribution in [2.45, 2.75) is 33.1 Å². The second-order valence-corrected chi connectivity index (χ2v) is 6.65. The fourth-order valence-electron chi connectivity index (χ4n) is 2.89. The molecule has 0 spiro atoms. The highest BCUT2D eigenvalue weighted by Crippen LogP contribution is 2.23. The van der Waals surface area contributed by atoms with Gasteiger partial charge < -0.3 is 15.5 Å². The third-order valence-electron chi connectivity index (χ3n) is 3.99.